The van der Waals surface area contributed by atoms with Crippen molar-refractivity contribution in [3.8, 4) is 0 Å². The molecule has 29 heavy (non-hydrogen) atoms. The summed E-state index contributed by atoms with van der Waals surface area (Å²) in [6, 6.07) is 4.91. The van der Waals surface area contributed by atoms with E-state index in [1.165, 1.54) is 22.5 Å². The van der Waals surface area contributed by atoms with Crippen LogP contribution in [-0.2, 0) is 14.8 Å². The molecule has 1 aromatic heterocycles. The van der Waals surface area contributed by atoms with Crippen molar-refractivity contribution in [2.45, 2.75) is 51.0 Å². The van der Waals surface area contributed by atoms with Crippen molar-refractivity contribution in [1.29, 1.82) is 0 Å². The van der Waals surface area contributed by atoms with E-state index in [9.17, 15) is 17.6 Å². The van der Waals surface area contributed by atoms with E-state index in [-0.39, 0.29) is 22.8 Å². The zero-order valence-electron chi connectivity index (χ0n) is 16.9. The Morgan fingerprint density at radius 2 is 2.03 bits per heavy atom. The number of hydrogen-bond acceptors (Lipinski definition) is 4. The summed E-state index contributed by atoms with van der Waals surface area (Å²) in [5, 5.41) is 10.1. The van der Waals surface area contributed by atoms with Gasteiger partial charge in [-0.1, -0.05) is 6.07 Å². The van der Waals surface area contributed by atoms with Crippen LogP contribution >= 0.6 is 0 Å². The van der Waals surface area contributed by atoms with Crippen LogP contribution in [0.1, 0.15) is 49.2 Å². The van der Waals surface area contributed by atoms with Gasteiger partial charge < -0.3 is 5.32 Å². The Hall–Kier alpha value is -2.26. The van der Waals surface area contributed by atoms with E-state index in [1.54, 1.807) is 0 Å². The fourth-order valence-corrected chi connectivity index (χ4v) is 5.46. The SMILES string of the molecule is Cc1n[nH]c(C)c1[C@H](C)NC(=O)CC1CCN(S(=O)(=O)c2cccc(F)c2)CC1. The number of sulfonamides is 1. The quantitative estimate of drug-likeness (QED) is 0.748. The second kappa shape index (κ2) is 8.62. The molecule has 1 aliphatic rings. The van der Waals surface area contributed by atoms with Crippen molar-refractivity contribution in [1.82, 2.24) is 19.8 Å². The van der Waals surface area contributed by atoms with E-state index >= 15 is 0 Å². The van der Waals surface area contributed by atoms with Crippen LogP contribution in [0, 0.1) is 25.6 Å². The van der Waals surface area contributed by atoms with Gasteiger partial charge in [-0.3, -0.25) is 9.89 Å². The Morgan fingerprint density at radius 3 is 2.62 bits per heavy atom. The molecule has 3 rings (SSSR count). The summed E-state index contributed by atoms with van der Waals surface area (Å²) >= 11 is 0. The van der Waals surface area contributed by atoms with Crippen LogP contribution in [0.15, 0.2) is 29.2 Å². The molecule has 1 saturated heterocycles. The van der Waals surface area contributed by atoms with E-state index in [2.05, 4.69) is 15.5 Å². The normalized spacial score (nSPS) is 17.2. The van der Waals surface area contributed by atoms with Gasteiger partial charge >= 0.3 is 0 Å². The van der Waals surface area contributed by atoms with Crippen molar-refractivity contribution < 1.29 is 17.6 Å². The third-order valence-electron chi connectivity index (χ3n) is 5.48. The first kappa shape index (κ1) is 21.4. The van der Waals surface area contributed by atoms with Crippen molar-refractivity contribution >= 4 is 15.9 Å². The summed E-state index contributed by atoms with van der Waals surface area (Å²) in [6.07, 6.45) is 1.55. The summed E-state index contributed by atoms with van der Waals surface area (Å²) in [7, 11) is -3.71. The molecule has 2 heterocycles. The molecule has 0 unspecified atom stereocenters. The zero-order valence-corrected chi connectivity index (χ0v) is 17.7. The van der Waals surface area contributed by atoms with Gasteiger partial charge in [0.05, 0.1) is 16.6 Å². The van der Waals surface area contributed by atoms with Gasteiger partial charge in [-0.25, -0.2) is 12.8 Å². The Kier molecular flexibility index (Phi) is 6.38. The molecule has 0 aliphatic carbocycles. The van der Waals surface area contributed by atoms with E-state index in [0.29, 0.717) is 32.4 Å². The molecule has 2 aromatic rings. The number of aryl methyl sites for hydroxylation is 2. The second-order valence-corrected chi connectivity index (χ2v) is 9.58. The van der Waals surface area contributed by atoms with Crippen molar-refractivity contribution in [3.63, 3.8) is 0 Å². The molecule has 0 radical (unpaired) electrons. The van der Waals surface area contributed by atoms with E-state index in [1.807, 2.05) is 20.8 Å². The van der Waals surface area contributed by atoms with E-state index in [0.717, 1.165) is 23.0 Å². The molecule has 7 nitrogen and oxygen atoms in total. The molecule has 1 fully saturated rings. The number of hydrogen-bond donors (Lipinski definition) is 2. The van der Waals surface area contributed by atoms with Gasteiger partial charge in [0.2, 0.25) is 15.9 Å². The van der Waals surface area contributed by atoms with Gasteiger partial charge in [0, 0.05) is 30.8 Å². The van der Waals surface area contributed by atoms with Crippen LogP contribution in [-0.4, -0.2) is 41.9 Å². The monoisotopic (exact) mass is 422 g/mol. The molecule has 0 spiro atoms. The fraction of sp³-hybridized carbons (Fsp3) is 0.500. The molecular formula is C20H27FN4O3S. The molecular weight excluding hydrogens is 395 g/mol. The Morgan fingerprint density at radius 1 is 1.34 bits per heavy atom. The maximum Gasteiger partial charge on any atom is 0.243 e. The van der Waals surface area contributed by atoms with Crippen molar-refractivity contribution in [2.75, 3.05) is 13.1 Å². The lowest BCUT2D eigenvalue weighted by Crippen LogP contribution is -2.39. The molecule has 1 aliphatic heterocycles. The second-order valence-electron chi connectivity index (χ2n) is 7.65. The first-order valence-corrected chi connectivity index (χ1v) is 11.2. The molecule has 9 heteroatoms. The third-order valence-corrected chi connectivity index (χ3v) is 7.37. The first-order valence-electron chi connectivity index (χ1n) is 9.75. The predicted octanol–water partition coefficient (Wildman–Crippen LogP) is 2.83. The lowest BCUT2D eigenvalue weighted by atomic mass is 9.94. The summed E-state index contributed by atoms with van der Waals surface area (Å²) < 4.78 is 40.1. The minimum Gasteiger partial charge on any atom is -0.349 e. The van der Waals surface area contributed by atoms with Crippen molar-refractivity contribution in [3.05, 3.63) is 47.0 Å². The van der Waals surface area contributed by atoms with Crippen LogP contribution in [0.5, 0.6) is 0 Å². The van der Waals surface area contributed by atoms with Crippen LogP contribution < -0.4 is 5.32 Å². The highest BCUT2D eigenvalue weighted by atomic mass is 32.2. The molecule has 1 atom stereocenters. The summed E-state index contributed by atoms with van der Waals surface area (Å²) in [5.41, 5.74) is 2.80. The fourth-order valence-electron chi connectivity index (χ4n) is 3.96. The van der Waals surface area contributed by atoms with Gasteiger partial charge in [0.25, 0.3) is 0 Å². The van der Waals surface area contributed by atoms with Crippen molar-refractivity contribution in [2.24, 2.45) is 5.92 Å². The lowest BCUT2D eigenvalue weighted by molar-refractivity contribution is -0.122. The summed E-state index contributed by atoms with van der Waals surface area (Å²) in [4.78, 5) is 12.4. The standard InChI is InChI=1S/C20H27FN4O3S/c1-13(20-14(2)23-24-15(20)3)22-19(26)11-16-7-9-25(10-8-16)29(27,28)18-6-4-5-17(21)12-18/h4-6,12-13,16H,7-11H2,1-3H3,(H,22,26)(H,23,24)/t13-/m0/s1. The van der Waals surface area contributed by atoms with Gasteiger partial charge in [-0.15, -0.1) is 0 Å². The number of halogens is 1. The predicted molar refractivity (Wildman–Crippen MR) is 107 cm³/mol. The Balaban J connectivity index is 1.54. The number of carbonyl (C=O) groups is 1. The largest absolute Gasteiger partial charge is 0.349 e. The Labute approximate surface area is 170 Å². The first-order chi connectivity index (χ1) is 13.7. The van der Waals surface area contributed by atoms with Gasteiger partial charge in [0.15, 0.2) is 0 Å². The number of nitrogens with one attached hydrogen (secondary N) is 2. The van der Waals surface area contributed by atoms with Crippen LogP contribution in [0.3, 0.4) is 0 Å². The van der Waals surface area contributed by atoms with Gasteiger partial charge in [0.1, 0.15) is 5.82 Å². The van der Waals surface area contributed by atoms with Crippen LogP contribution in [0.2, 0.25) is 0 Å². The van der Waals surface area contributed by atoms with Crippen LogP contribution in [0.25, 0.3) is 0 Å². The molecule has 158 valence electrons. The number of carbonyl (C=O) groups excluding carboxylic acids is 1. The molecule has 1 aromatic carbocycles. The number of aromatic nitrogens is 2. The summed E-state index contributed by atoms with van der Waals surface area (Å²) in [6.45, 7) is 6.40. The number of benzene rings is 1. The highest BCUT2D eigenvalue weighted by Gasteiger charge is 2.30. The summed E-state index contributed by atoms with van der Waals surface area (Å²) in [5.74, 6) is -0.508. The average Bonchev–Trinajstić information content (AvgIpc) is 3.00. The number of H-pyrrole nitrogens is 1. The molecule has 0 bridgehead atoms. The minimum absolute atomic E-state index is 0.0339. The molecule has 0 saturated carbocycles. The molecule has 2 N–H and O–H groups in total. The lowest BCUT2D eigenvalue weighted by Gasteiger charge is -2.31. The highest BCUT2D eigenvalue weighted by Crippen LogP contribution is 2.26. The Bertz CT molecular complexity index is 962. The van der Waals surface area contributed by atoms with Gasteiger partial charge in [-0.05, 0) is 57.7 Å². The highest BCUT2D eigenvalue weighted by molar-refractivity contribution is 7.89. The smallest absolute Gasteiger partial charge is 0.243 e. The maximum atomic E-state index is 13.4. The number of aromatic amines is 1. The van der Waals surface area contributed by atoms with Crippen LogP contribution in [0.4, 0.5) is 4.39 Å². The zero-order chi connectivity index (χ0) is 21.2. The van der Waals surface area contributed by atoms with E-state index < -0.39 is 15.8 Å². The number of piperidine rings is 1. The third kappa shape index (κ3) is 4.84. The van der Waals surface area contributed by atoms with E-state index in [4.69, 9.17) is 0 Å². The van der Waals surface area contributed by atoms with Gasteiger partial charge in [-0.2, -0.15) is 9.40 Å². The minimum atomic E-state index is -3.71. The number of amides is 1. The molecule has 1 amide bonds. The average molecular weight is 423 g/mol. The number of nitrogens with zero attached hydrogens (tertiary/aromatic N) is 2. The maximum absolute atomic E-state index is 13.4. The topological polar surface area (TPSA) is 95.2 Å². The number of rotatable bonds is 6.